The lowest BCUT2D eigenvalue weighted by atomic mass is 9.86. The van der Waals surface area contributed by atoms with E-state index in [9.17, 15) is 4.79 Å². The Bertz CT molecular complexity index is 219. The highest BCUT2D eigenvalue weighted by Gasteiger charge is 2.44. The fraction of sp³-hybridized carbons (Fsp3) is 0.889. The predicted molar refractivity (Wildman–Crippen MR) is 65.0 cm³/mol. The van der Waals surface area contributed by atoms with E-state index in [2.05, 4.69) is 15.5 Å². The van der Waals surface area contributed by atoms with Gasteiger partial charge in [-0.05, 0) is 26.4 Å². The second kappa shape index (κ2) is 5.89. The van der Waals surface area contributed by atoms with Crippen molar-refractivity contribution in [2.24, 2.45) is 0 Å². The number of piperazine rings is 1. The summed E-state index contributed by atoms with van der Waals surface area (Å²) in [6, 6.07) is 0. The number of carbonyl (C=O) groups is 1. The number of nitrogens with zero attached hydrogens (tertiary/aromatic N) is 1. The molecule has 1 spiro atoms. The predicted octanol–water partition coefficient (Wildman–Crippen LogP) is 0.0138. The average Bonchev–Trinajstić information content (AvgIpc) is 2.16. The molecule has 2 fully saturated rings. The van der Waals surface area contributed by atoms with Crippen LogP contribution in [0.4, 0.5) is 0 Å². The summed E-state index contributed by atoms with van der Waals surface area (Å²) in [7, 11) is 2.05. The van der Waals surface area contributed by atoms with Gasteiger partial charge >= 0.3 is 0 Å². The van der Waals surface area contributed by atoms with Crippen molar-refractivity contribution < 1.29 is 4.79 Å². The molecule has 2 N–H and O–H groups in total. The van der Waals surface area contributed by atoms with Crippen molar-refractivity contribution in [1.82, 2.24) is 15.5 Å². The van der Waals surface area contributed by atoms with Crippen LogP contribution in [0, 0.1) is 0 Å². The Morgan fingerprint density at radius 3 is 2.60 bits per heavy atom. The molecule has 0 saturated carbocycles. The van der Waals surface area contributed by atoms with E-state index in [-0.39, 0.29) is 36.3 Å². The van der Waals surface area contributed by atoms with Crippen molar-refractivity contribution in [3.05, 3.63) is 0 Å². The first-order valence-electron chi connectivity index (χ1n) is 4.96. The third-order valence-corrected chi connectivity index (χ3v) is 3.25. The zero-order chi connectivity index (χ0) is 9.31. The molecule has 1 atom stereocenters. The van der Waals surface area contributed by atoms with Gasteiger partial charge in [0, 0.05) is 19.6 Å². The molecular weight excluding hydrogens is 237 g/mol. The number of piperidine rings is 1. The van der Waals surface area contributed by atoms with E-state index in [0.717, 1.165) is 39.0 Å². The maximum absolute atomic E-state index is 11.8. The number of nitrogens with one attached hydrogen (secondary N) is 2. The van der Waals surface area contributed by atoms with E-state index in [0.29, 0.717) is 0 Å². The van der Waals surface area contributed by atoms with Crippen LogP contribution in [0.3, 0.4) is 0 Å². The molecule has 1 amide bonds. The summed E-state index contributed by atoms with van der Waals surface area (Å²) in [6.45, 7) is 3.60. The van der Waals surface area contributed by atoms with E-state index >= 15 is 0 Å². The van der Waals surface area contributed by atoms with Gasteiger partial charge in [0.05, 0.1) is 0 Å². The molecule has 2 rings (SSSR count). The number of halogens is 2. The Morgan fingerprint density at radius 2 is 2.07 bits per heavy atom. The maximum Gasteiger partial charge on any atom is 0.241 e. The number of rotatable bonds is 0. The highest BCUT2D eigenvalue weighted by molar-refractivity contribution is 5.87. The second-order valence-corrected chi connectivity index (χ2v) is 3.99. The van der Waals surface area contributed by atoms with Crippen LogP contribution in [0.5, 0.6) is 0 Å². The van der Waals surface area contributed by atoms with Crippen molar-refractivity contribution in [2.45, 2.75) is 18.4 Å². The van der Waals surface area contributed by atoms with Crippen molar-refractivity contribution in [1.29, 1.82) is 0 Å². The SMILES string of the molecule is CN1CCNC(=O)C12CCCNC2.Cl.Cl. The molecule has 0 aromatic carbocycles. The van der Waals surface area contributed by atoms with Gasteiger partial charge in [0.2, 0.25) is 5.91 Å². The molecule has 0 aliphatic carbocycles. The minimum Gasteiger partial charge on any atom is -0.353 e. The third-order valence-electron chi connectivity index (χ3n) is 3.25. The van der Waals surface area contributed by atoms with Crippen LogP contribution in [0.1, 0.15) is 12.8 Å². The van der Waals surface area contributed by atoms with Crippen molar-refractivity contribution in [3.63, 3.8) is 0 Å². The average molecular weight is 256 g/mol. The summed E-state index contributed by atoms with van der Waals surface area (Å²) >= 11 is 0. The Balaban J connectivity index is 0.000000980. The van der Waals surface area contributed by atoms with Gasteiger partial charge in [-0.2, -0.15) is 0 Å². The summed E-state index contributed by atoms with van der Waals surface area (Å²) in [4.78, 5) is 14.0. The first-order chi connectivity index (χ1) is 6.26. The highest BCUT2D eigenvalue weighted by Crippen LogP contribution is 2.24. The topological polar surface area (TPSA) is 44.4 Å². The number of amides is 1. The normalized spacial score (nSPS) is 31.4. The highest BCUT2D eigenvalue weighted by atomic mass is 35.5. The number of hydrogen-bond acceptors (Lipinski definition) is 3. The Kier molecular flexibility index (Phi) is 5.88. The van der Waals surface area contributed by atoms with Crippen molar-refractivity contribution >= 4 is 30.7 Å². The van der Waals surface area contributed by atoms with Crippen LogP contribution < -0.4 is 10.6 Å². The summed E-state index contributed by atoms with van der Waals surface area (Å²) in [6.07, 6.45) is 2.08. The Hall–Kier alpha value is -0.0300. The number of carbonyl (C=O) groups excluding carboxylic acids is 1. The lowest BCUT2D eigenvalue weighted by Crippen LogP contribution is -2.68. The summed E-state index contributed by atoms with van der Waals surface area (Å²) in [5.41, 5.74) is -0.253. The van der Waals surface area contributed by atoms with Crippen LogP contribution in [-0.2, 0) is 4.79 Å². The molecule has 0 aromatic heterocycles. The molecule has 6 heteroatoms. The zero-order valence-corrected chi connectivity index (χ0v) is 10.5. The molecule has 90 valence electrons. The molecule has 4 nitrogen and oxygen atoms in total. The number of likely N-dealkylation sites (N-methyl/N-ethyl adjacent to an activating group) is 1. The fourth-order valence-corrected chi connectivity index (χ4v) is 2.30. The Labute approximate surface area is 103 Å². The van der Waals surface area contributed by atoms with Gasteiger partial charge in [0.1, 0.15) is 5.54 Å². The minimum absolute atomic E-state index is 0. The largest absolute Gasteiger partial charge is 0.353 e. The van der Waals surface area contributed by atoms with Gasteiger partial charge in [-0.25, -0.2) is 0 Å². The molecule has 1 unspecified atom stereocenters. The van der Waals surface area contributed by atoms with E-state index in [4.69, 9.17) is 0 Å². The van der Waals surface area contributed by atoms with E-state index in [1.54, 1.807) is 0 Å². The van der Waals surface area contributed by atoms with Crippen LogP contribution in [0.2, 0.25) is 0 Å². The lowest BCUT2D eigenvalue weighted by molar-refractivity contribution is -0.137. The molecule has 2 saturated heterocycles. The summed E-state index contributed by atoms with van der Waals surface area (Å²) < 4.78 is 0. The monoisotopic (exact) mass is 255 g/mol. The molecule has 2 heterocycles. The third kappa shape index (κ3) is 2.56. The van der Waals surface area contributed by atoms with E-state index < -0.39 is 0 Å². The quantitative estimate of drug-likeness (QED) is 0.642. The van der Waals surface area contributed by atoms with Gasteiger partial charge in [0.15, 0.2) is 0 Å². The zero-order valence-electron chi connectivity index (χ0n) is 8.91. The van der Waals surface area contributed by atoms with Gasteiger partial charge in [-0.3, -0.25) is 9.69 Å². The molecular formula is C9H19Cl2N3O. The minimum atomic E-state index is -0.253. The summed E-state index contributed by atoms with van der Waals surface area (Å²) in [5, 5.41) is 6.26. The van der Waals surface area contributed by atoms with Gasteiger partial charge < -0.3 is 10.6 Å². The van der Waals surface area contributed by atoms with Crippen LogP contribution in [0.15, 0.2) is 0 Å². The molecule has 0 radical (unpaired) electrons. The van der Waals surface area contributed by atoms with Crippen LogP contribution >= 0.6 is 24.8 Å². The Morgan fingerprint density at radius 1 is 1.33 bits per heavy atom. The van der Waals surface area contributed by atoms with E-state index in [1.165, 1.54) is 0 Å². The van der Waals surface area contributed by atoms with Gasteiger partial charge in [-0.1, -0.05) is 0 Å². The van der Waals surface area contributed by atoms with Gasteiger partial charge in [-0.15, -0.1) is 24.8 Å². The first kappa shape index (κ1) is 15.0. The van der Waals surface area contributed by atoms with E-state index in [1.807, 2.05) is 7.05 Å². The lowest BCUT2D eigenvalue weighted by Gasteiger charge is -2.46. The molecule has 15 heavy (non-hydrogen) atoms. The van der Waals surface area contributed by atoms with Crippen LogP contribution in [-0.4, -0.2) is 49.6 Å². The van der Waals surface area contributed by atoms with Crippen molar-refractivity contribution in [2.75, 3.05) is 33.2 Å². The fourth-order valence-electron chi connectivity index (χ4n) is 2.30. The molecule has 2 aliphatic heterocycles. The molecule has 0 aromatic rings. The molecule has 2 aliphatic rings. The molecule has 0 bridgehead atoms. The smallest absolute Gasteiger partial charge is 0.241 e. The maximum atomic E-state index is 11.8. The second-order valence-electron chi connectivity index (χ2n) is 3.99. The van der Waals surface area contributed by atoms with Gasteiger partial charge in [0.25, 0.3) is 0 Å². The van der Waals surface area contributed by atoms with Crippen molar-refractivity contribution in [3.8, 4) is 0 Å². The standard InChI is InChI=1S/C9H17N3O.2ClH/c1-12-6-5-11-8(13)9(12)3-2-4-10-7-9;;/h10H,2-7H2,1H3,(H,11,13);2*1H. The summed E-state index contributed by atoms with van der Waals surface area (Å²) in [5.74, 6) is 0.202. The van der Waals surface area contributed by atoms with Crippen LogP contribution in [0.25, 0.3) is 0 Å². The first-order valence-corrected chi connectivity index (χ1v) is 4.96. The number of hydrogen-bond donors (Lipinski definition) is 2.